The fourth-order valence-corrected chi connectivity index (χ4v) is 2.40. The maximum Gasteiger partial charge on any atom is 0.501 e. The molecule has 0 bridgehead atoms. The van der Waals surface area contributed by atoms with Gasteiger partial charge in [0.25, 0.3) is 9.84 Å². The third-order valence-electron chi connectivity index (χ3n) is 2.81. The molecule has 0 radical (unpaired) electrons. The van der Waals surface area contributed by atoms with E-state index in [1.807, 2.05) is 6.92 Å². The number of anilines is 1. The Morgan fingerprint density at radius 3 is 2.20 bits per heavy atom. The molecule has 1 rings (SSSR count). The predicted molar refractivity (Wildman–Crippen MR) is 69.1 cm³/mol. The van der Waals surface area contributed by atoms with Crippen molar-refractivity contribution in [3.63, 3.8) is 0 Å². The highest BCUT2D eigenvalue weighted by atomic mass is 32.2. The predicted octanol–water partition coefficient (Wildman–Crippen LogP) is 2.55. The first kappa shape index (κ1) is 16.8. The van der Waals surface area contributed by atoms with E-state index in [0.717, 1.165) is 18.6 Å². The van der Waals surface area contributed by atoms with Gasteiger partial charge in [-0.15, -0.1) is 0 Å². The lowest BCUT2D eigenvalue weighted by atomic mass is 10.1. The normalized spacial score (nSPS) is 14.1. The van der Waals surface area contributed by atoms with Gasteiger partial charge in [0.1, 0.15) is 0 Å². The molecule has 0 aliphatic carbocycles. The average Bonchev–Trinajstić information content (AvgIpc) is 2.37. The number of aliphatic hydroxyl groups is 1. The van der Waals surface area contributed by atoms with Crippen molar-refractivity contribution in [2.45, 2.75) is 36.2 Å². The fourth-order valence-electron chi connectivity index (χ4n) is 1.63. The van der Waals surface area contributed by atoms with Gasteiger partial charge in [-0.05, 0) is 37.1 Å². The molecule has 2 N–H and O–H groups in total. The summed E-state index contributed by atoms with van der Waals surface area (Å²) >= 11 is 0. The number of alkyl halides is 3. The molecule has 1 unspecified atom stereocenters. The maximum atomic E-state index is 12.4. The van der Waals surface area contributed by atoms with Crippen LogP contribution in [0.1, 0.15) is 19.8 Å². The SMILES string of the molecule is CCC(CCO)Nc1ccc(S(=O)(=O)C(F)(F)F)cc1. The van der Waals surface area contributed by atoms with Gasteiger partial charge < -0.3 is 10.4 Å². The van der Waals surface area contributed by atoms with Crippen LogP contribution in [0.4, 0.5) is 18.9 Å². The van der Waals surface area contributed by atoms with Crippen LogP contribution in [0.25, 0.3) is 0 Å². The Morgan fingerprint density at radius 2 is 1.80 bits per heavy atom. The zero-order valence-electron chi connectivity index (χ0n) is 10.8. The minimum Gasteiger partial charge on any atom is -0.396 e. The zero-order chi connectivity index (χ0) is 15.4. The molecule has 20 heavy (non-hydrogen) atoms. The van der Waals surface area contributed by atoms with Gasteiger partial charge in [0.2, 0.25) is 0 Å². The summed E-state index contributed by atoms with van der Waals surface area (Å²) in [6.07, 6.45) is 1.22. The first-order chi connectivity index (χ1) is 9.22. The monoisotopic (exact) mass is 311 g/mol. The highest BCUT2D eigenvalue weighted by molar-refractivity contribution is 7.92. The molecule has 0 saturated heterocycles. The van der Waals surface area contributed by atoms with Crippen LogP contribution in [0, 0.1) is 0 Å². The molecule has 0 amide bonds. The number of rotatable bonds is 6. The van der Waals surface area contributed by atoms with Crippen molar-refractivity contribution in [1.82, 2.24) is 0 Å². The van der Waals surface area contributed by atoms with E-state index in [2.05, 4.69) is 5.32 Å². The first-order valence-corrected chi connectivity index (χ1v) is 7.49. The lowest BCUT2D eigenvalue weighted by molar-refractivity contribution is -0.0436. The van der Waals surface area contributed by atoms with E-state index in [4.69, 9.17) is 5.11 Å². The topological polar surface area (TPSA) is 66.4 Å². The van der Waals surface area contributed by atoms with E-state index in [1.54, 1.807) is 0 Å². The lowest BCUT2D eigenvalue weighted by Crippen LogP contribution is -2.23. The highest BCUT2D eigenvalue weighted by Gasteiger charge is 2.46. The van der Waals surface area contributed by atoms with Crippen molar-refractivity contribution < 1.29 is 26.7 Å². The van der Waals surface area contributed by atoms with Crippen molar-refractivity contribution in [3.05, 3.63) is 24.3 Å². The van der Waals surface area contributed by atoms with Gasteiger partial charge in [-0.2, -0.15) is 13.2 Å². The van der Waals surface area contributed by atoms with Crippen LogP contribution in [0.15, 0.2) is 29.2 Å². The molecular weight excluding hydrogens is 295 g/mol. The number of nitrogens with one attached hydrogen (secondary N) is 1. The molecule has 1 aromatic carbocycles. The molecule has 4 nitrogen and oxygen atoms in total. The first-order valence-electron chi connectivity index (χ1n) is 6.01. The minimum atomic E-state index is -5.31. The summed E-state index contributed by atoms with van der Waals surface area (Å²) in [5.41, 5.74) is -4.79. The van der Waals surface area contributed by atoms with Crippen molar-refractivity contribution in [1.29, 1.82) is 0 Å². The Morgan fingerprint density at radius 1 is 1.25 bits per heavy atom. The molecular formula is C12H16F3NO3S. The van der Waals surface area contributed by atoms with E-state index in [1.165, 1.54) is 12.1 Å². The quantitative estimate of drug-likeness (QED) is 0.847. The molecule has 0 aliphatic rings. The fraction of sp³-hybridized carbons (Fsp3) is 0.500. The highest BCUT2D eigenvalue weighted by Crippen LogP contribution is 2.30. The summed E-state index contributed by atoms with van der Waals surface area (Å²) in [6.45, 7) is 1.89. The third kappa shape index (κ3) is 3.86. The smallest absolute Gasteiger partial charge is 0.396 e. The number of benzene rings is 1. The Labute approximate surface area is 115 Å². The molecule has 8 heteroatoms. The van der Waals surface area contributed by atoms with Gasteiger partial charge in [0.05, 0.1) is 4.90 Å². The number of hydrogen-bond acceptors (Lipinski definition) is 4. The third-order valence-corrected chi connectivity index (χ3v) is 4.31. The summed E-state index contributed by atoms with van der Waals surface area (Å²) in [5, 5.41) is 11.9. The van der Waals surface area contributed by atoms with Crippen LogP contribution in [-0.2, 0) is 9.84 Å². The summed E-state index contributed by atoms with van der Waals surface area (Å²) in [5.74, 6) is 0. The number of sulfone groups is 1. The van der Waals surface area contributed by atoms with E-state index >= 15 is 0 Å². The molecule has 0 spiro atoms. The van der Waals surface area contributed by atoms with Crippen molar-refractivity contribution >= 4 is 15.5 Å². The Kier molecular flexibility index (Phi) is 5.41. The van der Waals surface area contributed by atoms with Crippen LogP contribution in [0.5, 0.6) is 0 Å². The number of hydrogen-bond donors (Lipinski definition) is 2. The van der Waals surface area contributed by atoms with Crippen LogP contribution < -0.4 is 5.32 Å². The van der Waals surface area contributed by atoms with E-state index in [0.29, 0.717) is 12.1 Å². The Hall–Kier alpha value is -1.28. The van der Waals surface area contributed by atoms with Crippen LogP contribution in [0.2, 0.25) is 0 Å². The van der Waals surface area contributed by atoms with E-state index in [9.17, 15) is 21.6 Å². The second kappa shape index (κ2) is 6.45. The van der Waals surface area contributed by atoms with Gasteiger partial charge in [-0.25, -0.2) is 8.42 Å². The molecule has 0 heterocycles. The van der Waals surface area contributed by atoms with Gasteiger partial charge in [-0.1, -0.05) is 6.92 Å². The minimum absolute atomic E-state index is 0.00789. The van der Waals surface area contributed by atoms with Gasteiger partial charge >= 0.3 is 5.51 Å². The van der Waals surface area contributed by atoms with Gasteiger partial charge in [-0.3, -0.25) is 0 Å². The summed E-state index contributed by atoms with van der Waals surface area (Å²) in [4.78, 5) is -0.786. The Bertz CT molecular complexity index is 526. The standard InChI is InChI=1S/C12H16F3NO3S/c1-2-9(7-8-17)16-10-3-5-11(6-4-10)20(18,19)12(13,14)15/h3-6,9,16-17H,2,7-8H2,1H3. The summed E-state index contributed by atoms with van der Waals surface area (Å²) in [6, 6.07) is 4.36. The van der Waals surface area contributed by atoms with Crippen LogP contribution in [-0.4, -0.2) is 31.7 Å². The largest absolute Gasteiger partial charge is 0.501 e. The van der Waals surface area contributed by atoms with Crippen molar-refractivity contribution in [2.24, 2.45) is 0 Å². The number of halogens is 3. The molecule has 0 aromatic heterocycles. The van der Waals surface area contributed by atoms with Crippen molar-refractivity contribution in [3.8, 4) is 0 Å². The van der Waals surface area contributed by atoms with E-state index < -0.39 is 20.2 Å². The zero-order valence-corrected chi connectivity index (χ0v) is 11.6. The Balaban J connectivity index is 2.90. The van der Waals surface area contributed by atoms with E-state index in [-0.39, 0.29) is 12.6 Å². The number of aliphatic hydroxyl groups excluding tert-OH is 1. The van der Waals surface area contributed by atoms with Gasteiger partial charge in [0, 0.05) is 18.3 Å². The van der Waals surface area contributed by atoms with Crippen LogP contribution in [0.3, 0.4) is 0 Å². The lowest BCUT2D eigenvalue weighted by Gasteiger charge is -2.17. The second-order valence-corrected chi connectivity index (χ2v) is 6.18. The van der Waals surface area contributed by atoms with Crippen LogP contribution >= 0.6 is 0 Å². The average molecular weight is 311 g/mol. The summed E-state index contributed by atoms with van der Waals surface area (Å²) in [7, 11) is -5.31. The molecule has 0 aliphatic heterocycles. The molecule has 114 valence electrons. The van der Waals surface area contributed by atoms with Crippen molar-refractivity contribution in [2.75, 3.05) is 11.9 Å². The summed E-state index contributed by atoms with van der Waals surface area (Å²) < 4.78 is 59.4. The molecule has 1 atom stereocenters. The molecule has 0 saturated carbocycles. The van der Waals surface area contributed by atoms with Gasteiger partial charge in [0.15, 0.2) is 0 Å². The second-order valence-electron chi connectivity index (χ2n) is 4.24. The maximum absolute atomic E-state index is 12.4. The molecule has 1 aromatic rings. The molecule has 0 fully saturated rings.